The first-order valence-electron chi connectivity index (χ1n) is 5.72. The smallest absolute Gasteiger partial charge is 0.230 e. The topological polar surface area (TPSA) is 49.3 Å². The Kier molecular flexibility index (Phi) is 6.10. The zero-order valence-corrected chi connectivity index (χ0v) is 10.2. The summed E-state index contributed by atoms with van der Waals surface area (Å²) in [5, 5.41) is 11.7. The number of nitrogens with one attached hydrogen (secondary N) is 1. The van der Waals surface area contributed by atoms with Crippen molar-refractivity contribution >= 4 is 17.7 Å². The average Bonchev–Trinajstić information content (AvgIpc) is 2.22. The van der Waals surface area contributed by atoms with Crippen LogP contribution in [0, 0.1) is 5.92 Å². The van der Waals surface area contributed by atoms with Crippen molar-refractivity contribution < 1.29 is 9.90 Å². The second-order valence-corrected chi connectivity index (χ2v) is 5.32. The molecule has 2 N–H and O–H groups in total. The van der Waals surface area contributed by atoms with Crippen molar-refractivity contribution in [3.8, 4) is 0 Å². The monoisotopic (exact) mass is 231 g/mol. The quantitative estimate of drug-likeness (QED) is 0.703. The summed E-state index contributed by atoms with van der Waals surface area (Å²) in [6.45, 7) is 2.36. The second-order valence-electron chi connectivity index (χ2n) is 4.21. The number of hydrogen-bond acceptors (Lipinski definition) is 3. The number of carbonyl (C=O) groups excluding carboxylic acids is 1. The van der Waals surface area contributed by atoms with Crippen LogP contribution in [0.4, 0.5) is 0 Å². The highest BCUT2D eigenvalue weighted by molar-refractivity contribution is 7.99. The number of thioether (sulfide) groups is 1. The Labute approximate surface area is 96.0 Å². The summed E-state index contributed by atoms with van der Waals surface area (Å²) in [5.41, 5.74) is 0. The summed E-state index contributed by atoms with van der Waals surface area (Å²) in [5.74, 6) is 1.86. The fraction of sp³-hybridized carbons (Fsp3) is 0.909. The minimum Gasteiger partial charge on any atom is -0.396 e. The Morgan fingerprint density at radius 2 is 2.20 bits per heavy atom. The van der Waals surface area contributed by atoms with E-state index >= 15 is 0 Å². The van der Waals surface area contributed by atoms with Gasteiger partial charge in [-0.2, -0.15) is 0 Å². The van der Waals surface area contributed by atoms with Crippen LogP contribution in [0.15, 0.2) is 0 Å². The molecule has 1 fully saturated rings. The average molecular weight is 231 g/mol. The van der Waals surface area contributed by atoms with E-state index in [-0.39, 0.29) is 12.5 Å². The molecule has 0 aromatic carbocycles. The van der Waals surface area contributed by atoms with E-state index in [9.17, 15) is 4.79 Å². The molecule has 0 aliphatic heterocycles. The minimum absolute atomic E-state index is 0.118. The summed E-state index contributed by atoms with van der Waals surface area (Å²) < 4.78 is 0. The highest BCUT2D eigenvalue weighted by Gasteiger charge is 2.22. The molecule has 2 atom stereocenters. The molecule has 0 bridgehead atoms. The van der Waals surface area contributed by atoms with Gasteiger partial charge in [-0.05, 0) is 18.8 Å². The van der Waals surface area contributed by atoms with Gasteiger partial charge >= 0.3 is 0 Å². The van der Waals surface area contributed by atoms with Crippen LogP contribution >= 0.6 is 11.8 Å². The lowest BCUT2D eigenvalue weighted by Gasteiger charge is -2.29. The molecule has 1 aliphatic carbocycles. The van der Waals surface area contributed by atoms with E-state index in [0.29, 0.717) is 23.5 Å². The lowest BCUT2D eigenvalue weighted by atomic mass is 9.86. The van der Waals surface area contributed by atoms with Crippen molar-refractivity contribution in [3.63, 3.8) is 0 Å². The second kappa shape index (κ2) is 7.12. The van der Waals surface area contributed by atoms with Gasteiger partial charge in [-0.3, -0.25) is 4.79 Å². The van der Waals surface area contributed by atoms with Gasteiger partial charge in [0.1, 0.15) is 0 Å². The van der Waals surface area contributed by atoms with E-state index in [2.05, 4.69) is 12.2 Å². The standard InChI is InChI=1S/C11H21NO2S/c1-9-4-2-3-5-10(9)12-11(14)8-15-7-6-13/h9-10,13H,2-8H2,1H3,(H,12,14)/t9-,10+/m1/s1. The SMILES string of the molecule is C[C@@H]1CCCC[C@@H]1NC(=O)CSCCO. The van der Waals surface area contributed by atoms with Gasteiger partial charge in [0.2, 0.25) is 5.91 Å². The maximum atomic E-state index is 11.5. The number of carbonyl (C=O) groups is 1. The Morgan fingerprint density at radius 3 is 2.87 bits per heavy atom. The van der Waals surface area contributed by atoms with E-state index in [0.717, 1.165) is 6.42 Å². The molecule has 1 saturated carbocycles. The largest absolute Gasteiger partial charge is 0.396 e. The van der Waals surface area contributed by atoms with Crippen LogP contribution in [0.2, 0.25) is 0 Å². The van der Waals surface area contributed by atoms with Crippen LogP contribution in [-0.2, 0) is 4.79 Å². The number of aliphatic hydroxyl groups excluding tert-OH is 1. The van der Waals surface area contributed by atoms with Crippen LogP contribution in [0.3, 0.4) is 0 Å². The normalized spacial score (nSPS) is 26.3. The predicted octanol–water partition coefficient (Wildman–Crippen LogP) is 1.41. The van der Waals surface area contributed by atoms with Crippen molar-refractivity contribution in [3.05, 3.63) is 0 Å². The molecule has 0 spiro atoms. The minimum atomic E-state index is 0.118. The zero-order chi connectivity index (χ0) is 11.1. The van der Waals surface area contributed by atoms with Crippen LogP contribution in [0.5, 0.6) is 0 Å². The van der Waals surface area contributed by atoms with Gasteiger partial charge in [-0.1, -0.05) is 19.8 Å². The maximum absolute atomic E-state index is 11.5. The van der Waals surface area contributed by atoms with Gasteiger partial charge in [0.05, 0.1) is 12.4 Å². The van der Waals surface area contributed by atoms with Crippen molar-refractivity contribution in [1.82, 2.24) is 5.32 Å². The van der Waals surface area contributed by atoms with Gasteiger partial charge < -0.3 is 10.4 Å². The highest BCUT2D eigenvalue weighted by Crippen LogP contribution is 2.23. The van der Waals surface area contributed by atoms with E-state index in [4.69, 9.17) is 5.11 Å². The van der Waals surface area contributed by atoms with Crippen LogP contribution in [-0.4, -0.2) is 35.2 Å². The van der Waals surface area contributed by atoms with Crippen LogP contribution in [0.25, 0.3) is 0 Å². The Hall–Kier alpha value is -0.220. The predicted molar refractivity (Wildman–Crippen MR) is 64.0 cm³/mol. The van der Waals surface area contributed by atoms with E-state index in [1.807, 2.05) is 0 Å². The summed E-state index contributed by atoms with van der Waals surface area (Å²) in [6, 6.07) is 0.376. The third-order valence-electron chi connectivity index (χ3n) is 2.93. The third kappa shape index (κ3) is 4.89. The first-order chi connectivity index (χ1) is 7.24. The molecular weight excluding hydrogens is 210 g/mol. The molecule has 15 heavy (non-hydrogen) atoms. The summed E-state index contributed by atoms with van der Waals surface area (Å²) in [4.78, 5) is 11.5. The first-order valence-corrected chi connectivity index (χ1v) is 6.87. The summed E-state index contributed by atoms with van der Waals surface area (Å²) in [6.07, 6.45) is 4.89. The molecule has 4 heteroatoms. The molecule has 1 amide bonds. The maximum Gasteiger partial charge on any atom is 0.230 e. The van der Waals surface area contributed by atoms with Crippen LogP contribution < -0.4 is 5.32 Å². The lowest BCUT2D eigenvalue weighted by Crippen LogP contribution is -2.41. The summed E-state index contributed by atoms with van der Waals surface area (Å²) in [7, 11) is 0. The molecule has 0 radical (unpaired) electrons. The fourth-order valence-corrected chi connectivity index (χ4v) is 2.55. The molecule has 0 unspecified atom stereocenters. The van der Waals surface area contributed by atoms with Crippen molar-refractivity contribution in [1.29, 1.82) is 0 Å². The van der Waals surface area contributed by atoms with Crippen molar-refractivity contribution in [2.24, 2.45) is 5.92 Å². The number of rotatable bonds is 5. The molecule has 0 aromatic rings. The van der Waals surface area contributed by atoms with E-state index in [1.165, 1.54) is 31.0 Å². The number of aliphatic hydroxyl groups is 1. The van der Waals surface area contributed by atoms with Gasteiger partial charge in [0.25, 0.3) is 0 Å². The molecule has 0 heterocycles. The Bertz CT molecular complexity index is 199. The van der Waals surface area contributed by atoms with Gasteiger partial charge in [0.15, 0.2) is 0 Å². The molecule has 0 saturated heterocycles. The van der Waals surface area contributed by atoms with E-state index in [1.54, 1.807) is 0 Å². The molecule has 0 aromatic heterocycles. The number of amides is 1. The zero-order valence-electron chi connectivity index (χ0n) is 9.37. The molecular formula is C11H21NO2S. The molecule has 88 valence electrons. The lowest BCUT2D eigenvalue weighted by molar-refractivity contribution is -0.119. The van der Waals surface area contributed by atoms with Gasteiger partial charge in [-0.15, -0.1) is 11.8 Å². The van der Waals surface area contributed by atoms with Crippen molar-refractivity contribution in [2.45, 2.75) is 38.6 Å². The number of hydrogen-bond donors (Lipinski definition) is 2. The Morgan fingerprint density at radius 1 is 1.47 bits per heavy atom. The first kappa shape index (κ1) is 12.8. The highest BCUT2D eigenvalue weighted by atomic mass is 32.2. The molecule has 1 rings (SSSR count). The van der Waals surface area contributed by atoms with Gasteiger partial charge in [-0.25, -0.2) is 0 Å². The van der Waals surface area contributed by atoms with E-state index < -0.39 is 0 Å². The molecule has 3 nitrogen and oxygen atoms in total. The fourth-order valence-electron chi connectivity index (χ4n) is 2.01. The van der Waals surface area contributed by atoms with Crippen LogP contribution in [0.1, 0.15) is 32.6 Å². The third-order valence-corrected chi connectivity index (χ3v) is 3.86. The van der Waals surface area contributed by atoms with Crippen molar-refractivity contribution in [2.75, 3.05) is 18.1 Å². The van der Waals surface area contributed by atoms with Gasteiger partial charge in [0, 0.05) is 11.8 Å². The summed E-state index contributed by atoms with van der Waals surface area (Å²) >= 11 is 1.49. The molecule has 1 aliphatic rings. The Balaban J connectivity index is 2.18.